The van der Waals surface area contributed by atoms with E-state index < -0.39 is 0 Å². The number of aliphatic hydroxyl groups excluding tert-OH is 1. The zero-order valence-corrected chi connectivity index (χ0v) is 11.3. The van der Waals surface area contributed by atoms with Crippen LogP contribution in [0.15, 0.2) is 47.1 Å². The number of para-hydroxylation sites is 1. The Hall–Kier alpha value is -2.60. The lowest BCUT2D eigenvalue weighted by molar-refractivity contribution is -0.116. The van der Waals surface area contributed by atoms with Crippen LogP contribution in [-0.2, 0) is 11.4 Å². The van der Waals surface area contributed by atoms with E-state index in [2.05, 4.69) is 10.6 Å². The second kappa shape index (κ2) is 7.25. The Morgan fingerprint density at radius 3 is 2.67 bits per heavy atom. The number of furan rings is 1. The van der Waals surface area contributed by atoms with Crippen LogP contribution in [0.1, 0.15) is 22.5 Å². The van der Waals surface area contributed by atoms with Gasteiger partial charge in [0.2, 0.25) is 5.91 Å². The lowest BCUT2D eigenvalue weighted by Gasteiger charge is -2.09. The molecule has 1 heterocycles. The van der Waals surface area contributed by atoms with E-state index in [1.165, 1.54) is 6.26 Å². The van der Waals surface area contributed by atoms with Crippen molar-refractivity contribution in [3.8, 4) is 0 Å². The highest BCUT2D eigenvalue weighted by Gasteiger charge is 2.09. The maximum absolute atomic E-state index is 11.8. The number of carbonyl (C=O) groups excluding carboxylic acids is 2. The molecule has 2 aromatic rings. The van der Waals surface area contributed by atoms with Gasteiger partial charge < -0.3 is 20.2 Å². The number of carbonyl (C=O) groups is 2. The predicted molar refractivity (Wildman–Crippen MR) is 76.7 cm³/mol. The maximum Gasteiger partial charge on any atom is 0.286 e. The van der Waals surface area contributed by atoms with E-state index in [-0.39, 0.29) is 37.1 Å². The van der Waals surface area contributed by atoms with E-state index in [9.17, 15) is 9.59 Å². The summed E-state index contributed by atoms with van der Waals surface area (Å²) >= 11 is 0. The van der Waals surface area contributed by atoms with E-state index in [1.54, 1.807) is 36.4 Å². The van der Waals surface area contributed by atoms with Crippen LogP contribution >= 0.6 is 0 Å². The molecule has 1 aromatic carbocycles. The maximum atomic E-state index is 11.8. The average molecular weight is 288 g/mol. The third kappa shape index (κ3) is 4.19. The number of aliphatic hydroxyl groups is 1. The summed E-state index contributed by atoms with van der Waals surface area (Å²) in [6.07, 6.45) is 1.54. The van der Waals surface area contributed by atoms with Gasteiger partial charge in [-0.1, -0.05) is 18.2 Å². The summed E-state index contributed by atoms with van der Waals surface area (Å²) in [5.41, 5.74) is 1.22. The summed E-state index contributed by atoms with van der Waals surface area (Å²) in [6.45, 7) is 0.0539. The number of anilines is 1. The first kappa shape index (κ1) is 14.8. The molecule has 0 fully saturated rings. The summed E-state index contributed by atoms with van der Waals surface area (Å²) in [6, 6.07) is 10.2. The summed E-state index contributed by atoms with van der Waals surface area (Å²) in [5, 5.41) is 14.5. The third-order valence-corrected chi connectivity index (χ3v) is 2.84. The summed E-state index contributed by atoms with van der Waals surface area (Å²) in [4.78, 5) is 23.4. The second-order valence-corrected chi connectivity index (χ2v) is 4.35. The van der Waals surface area contributed by atoms with Gasteiger partial charge in [-0.25, -0.2) is 0 Å². The van der Waals surface area contributed by atoms with Crippen molar-refractivity contribution in [3.63, 3.8) is 0 Å². The smallest absolute Gasteiger partial charge is 0.286 e. The van der Waals surface area contributed by atoms with E-state index in [0.29, 0.717) is 11.3 Å². The van der Waals surface area contributed by atoms with E-state index in [4.69, 9.17) is 9.52 Å². The highest BCUT2D eigenvalue weighted by atomic mass is 16.3. The largest absolute Gasteiger partial charge is 0.459 e. The third-order valence-electron chi connectivity index (χ3n) is 2.84. The SMILES string of the molecule is O=C(CCNC(=O)c1ccco1)Nc1ccccc1CO. The molecular weight excluding hydrogens is 272 g/mol. The van der Waals surface area contributed by atoms with Gasteiger partial charge in [-0.2, -0.15) is 0 Å². The van der Waals surface area contributed by atoms with Gasteiger partial charge in [0.05, 0.1) is 12.9 Å². The number of hydrogen-bond acceptors (Lipinski definition) is 4. The lowest BCUT2D eigenvalue weighted by Crippen LogP contribution is -2.27. The molecule has 0 atom stereocenters. The molecule has 0 aliphatic rings. The molecule has 6 nitrogen and oxygen atoms in total. The fourth-order valence-electron chi connectivity index (χ4n) is 1.78. The number of benzene rings is 1. The molecule has 2 rings (SSSR count). The Morgan fingerprint density at radius 2 is 1.95 bits per heavy atom. The van der Waals surface area contributed by atoms with Crippen LogP contribution in [-0.4, -0.2) is 23.5 Å². The molecule has 0 unspecified atom stereocenters. The molecule has 1 aromatic heterocycles. The van der Waals surface area contributed by atoms with E-state index in [1.807, 2.05) is 0 Å². The van der Waals surface area contributed by atoms with Gasteiger partial charge >= 0.3 is 0 Å². The number of hydrogen-bond donors (Lipinski definition) is 3. The summed E-state index contributed by atoms with van der Waals surface area (Å²) in [7, 11) is 0. The quantitative estimate of drug-likeness (QED) is 0.751. The van der Waals surface area contributed by atoms with Crippen molar-refractivity contribution in [1.29, 1.82) is 0 Å². The highest BCUT2D eigenvalue weighted by Crippen LogP contribution is 2.14. The van der Waals surface area contributed by atoms with Crippen molar-refractivity contribution in [3.05, 3.63) is 54.0 Å². The molecule has 6 heteroatoms. The van der Waals surface area contributed by atoms with Gasteiger partial charge in [0.15, 0.2) is 5.76 Å². The van der Waals surface area contributed by atoms with E-state index in [0.717, 1.165) is 0 Å². The predicted octanol–water partition coefficient (Wildman–Crippen LogP) is 1.53. The van der Waals surface area contributed by atoms with Crippen molar-refractivity contribution in [2.24, 2.45) is 0 Å². The molecular formula is C15H16N2O4. The zero-order chi connectivity index (χ0) is 15.1. The molecule has 0 bridgehead atoms. The Kier molecular flexibility index (Phi) is 5.11. The van der Waals surface area contributed by atoms with Crippen molar-refractivity contribution >= 4 is 17.5 Å². The van der Waals surface area contributed by atoms with Crippen LogP contribution in [0.2, 0.25) is 0 Å². The molecule has 0 aliphatic heterocycles. The van der Waals surface area contributed by atoms with Gasteiger partial charge in [0, 0.05) is 24.2 Å². The highest BCUT2D eigenvalue weighted by molar-refractivity contribution is 5.93. The fraction of sp³-hybridized carbons (Fsp3) is 0.200. The Balaban J connectivity index is 1.79. The standard InChI is InChI=1S/C15H16N2O4/c18-10-11-4-1-2-5-12(11)17-14(19)7-8-16-15(20)13-6-3-9-21-13/h1-6,9,18H,7-8,10H2,(H,16,20)(H,17,19). The molecule has 0 radical (unpaired) electrons. The first-order chi connectivity index (χ1) is 10.2. The molecule has 0 saturated heterocycles. The minimum atomic E-state index is -0.358. The zero-order valence-electron chi connectivity index (χ0n) is 11.3. The number of amides is 2. The number of nitrogens with one attached hydrogen (secondary N) is 2. The van der Waals surface area contributed by atoms with Crippen molar-refractivity contribution in [2.45, 2.75) is 13.0 Å². The van der Waals surface area contributed by atoms with Gasteiger partial charge in [-0.3, -0.25) is 9.59 Å². The van der Waals surface area contributed by atoms with Crippen LogP contribution in [0.5, 0.6) is 0 Å². The first-order valence-corrected chi connectivity index (χ1v) is 6.51. The van der Waals surface area contributed by atoms with Crippen LogP contribution in [0.25, 0.3) is 0 Å². The van der Waals surface area contributed by atoms with Gasteiger partial charge in [0.1, 0.15) is 0 Å². The summed E-state index contributed by atoms with van der Waals surface area (Å²) < 4.78 is 4.94. The molecule has 0 aliphatic carbocycles. The van der Waals surface area contributed by atoms with Gasteiger partial charge in [-0.05, 0) is 18.2 Å². The minimum Gasteiger partial charge on any atom is -0.459 e. The Bertz CT molecular complexity index is 608. The average Bonchev–Trinajstić information content (AvgIpc) is 3.02. The van der Waals surface area contributed by atoms with Crippen LogP contribution in [0, 0.1) is 0 Å². The monoisotopic (exact) mass is 288 g/mol. The lowest BCUT2D eigenvalue weighted by atomic mass is 10.2. The Morgan fingerprint density at radius 1 is 1.14 bits per heavy atom. The molecule has 0 spiro atoms. The number of rotatable bonds is 6. The normalized spacial score (nSPS) is 10.1. The van der Waals surface area contributed by atoms with Crippen molar-refractivity contribution < 1.29 is 19.1 Å². The van der Waals surface area contributed by atoms with Crippen LogP contribution in [0.4, 0.5) is 5.69 Å². The van der Waals surface area contributed by atoms with Crippen LogP contribution < -0.4 is 10.6 Å². The fourth-order valence-corrected chi connectivity index (χ4v) is 1.78. The van der Waals surface area contributed by atoms with E-state index >= 15 is 0 Å². The van der Waals surface area contributed by atoms with Gasteiger partial charge in [0.25, 0.3) is 5.91 Å². The van der Waals surface area contributed by atoms with Crippen molar-refractivity contribution in [2.75, 3.05) is 11.9 Å². The second-order valence-electron chi connectivity index (χ2n) is 4.35. The molecule has 21 heavy (non-hydrogen) atoms. The summed E-state index contributed by atoms with van der Waals surface area (Å²) in [5.74, 6) is -0.389. The minimum absolute atomic E-state index is 0.131. The van der Waals surface area contributed by atoms with Crippen LogP contribution in [0.3, 0.4) is 0 Å². The van der Waals surface area contributed by atoms with Crippen molar-refractivity contribution in [1.82, 2.24) is 5.32 Å². The Labute approximate surface area is 121 Å². The molecule has 110 valence electrons. The first-order valence-electron chi connectivity index (χ1n) is 6.51. The molecule has 3 N–H and O–H groups in total. The molecule has 0 saturated carbocycles. The van der Waals surface area contributed by atoms with Gasteiger partial charge in [-0.15, -0.1) is 0 Å². The molecule has 2 amide bonds. The topological polar surface area (TPSA) is 91.6 Å².